The predicted molar refractivity (Wildman–Crippen MR) is 79.3 cm³/mol. The zero-order chi connectivity index (χ0) is 13.4. The highest BCUT2D eigenvalue weighted by Gasteiger charge is 2.44. The van der Waals surface area contributed by atoms with E-state index in [4.69, 9.17) is 13.3 Å². The fourth-order valence-corrected chi connectivity index (χ4v) is 5.33. The topological polar surface area (TPSA) is 27.7 Å². The van der Waals surface area contributed by atoms with Gasteiger partial charge in [-0.3, -0.25) is 0 Å². The van der Waals surface area contributed by atoms with Crippen LogP contribution in [0.1, 0.15) is 26.3 Å². The highest BCUT2D eigenvalue weighted by Crippen LogP contribution is 2.15. The molecule has 0 radical (unpaired) electrons. The Kier molecular flexibility index (Phi) is 7.10. The monoisotopic (exact) mass is 332 g/mol. The van der Waals surface area contributed by atoms with Gasteiger partial charge in [-0.25, -0.2) is 0 Å². The van der Waals surface area contributed by atoms with Gasteiger partial charge >= 0.3 is 8.80 Å². The predicted octanol–water partition coefficient (Wildman–Crippen LogP) is 2.84. The molecule has 0 unspecified atom stereocenters. The number of halogens is 1. The van der Waals surface area contributed by atoms with Crippen molar-refractivity contribution in [2.75, 3.05) is 19.8 Å². The van der Waals surface area contributed by atoms with Crippen LogP contribution < -0.4 is 5.19 Å². The minimum absolute atomic E-state index is 0.586. The molecule has 0 amide bonds. The summed E-state index contributed by atoms with van der Waals surface area (Å²) in [5.74, 6) is 0. The Morgan fingerprint density at radius 1 is 0.944 bits per heavy atom. The molecule has 0 saturated heterocycles. The van der Waals surface area contributed by atoms with Crippen LogP contribution >= 0.6 is 15.9 Å². The maximum atomic E-state index is 5.91. The van der Waals surface area contributed by atoms with Crippen molar-refractivity contribution in [2.24, 2.45) is 0 Å². The summed E-state index contributed by atoms with van der Waals surface area (Å²) in [6.45, 7) is 7.66. The average Bonchev–Trinajstić information content (AvgIpc) is 2.39. The maximum Gasteiger partial charge on any atom is 0.537 e. The highest BCUT2D eigenvalue weighted by atomic mass is 79.9. The zero-order valence-electron chi connectivity index (χ0n) is 11.2. The number of alkyl halides is 1. The second-order valence-corrected chi connectivity index (χ2v) is 6.72. The largest absolute Gasteiger partial charge is 0.537 e. The van der Waals surface area contributed by atoms with E-state index in [1.165, 1.54) is 5.56 Å². The number of hydrogen-bond donors (Lipinski definition) is 0. The van der Waals surface area contributed by atoms with E-state index < -0.39 is 8.80 Å². The van der Waals surface area contributed by atoms with Crippen LogP contribution in [-0.2, 0) is 18.6 Å². The number of rotatable bonds is 8. The normalized spacial score (nSPS) is 11.8. The molecule has 1 rings (SSSR count). The van der Waals surface area contributed by atoms with Crippen LogP contribution in [0, 0.1) is 0 Å². The molecular weight excluding hydrogens is 312 g/mol. The smallest absolute Gasteiger partial charge is 0.370 e. The summed E-state index contributed by atoms with van der Waals surface area (Å²) in [5.41, 5.74) is 1.17. The minimum atomic E-state index is -2.77. The summed E-state index contributed by atoms with van der Waals surface area (Å²) in [4.78, 5) is 0. The molecule has 1 aromatic carbocycles. The van der Waals surface area contributed by atoms with Crippen molar-refractivity contribution in [3.63, 3.8) is 0 Å². The molecule has 0 heterocycles. The average molecular weight is 333 g/mol. The first-order valence-electron chi connectivity index (χ1n) is 6.30. The molecule has 0 aromatic heterocycles. The molecule has 18 heavy (non-hydrogen) atoms. The fourth-order valence-electron chi connectivity index (χ4n) is 1.86. The van der Waals surface area contributed by atoms with Gasteiger partial charge in [-0.15, -0.1) is 0 Å². The van der Waals surface area contributed by atoms with Gasteiger partial charge in [-0.2, -0.15) is 0 Å². The van der Waals surface area contributed by atoms with Crippen molar-refractivity contribution in [1.82, 2.24) is 0 Å². The molecule has 102 valence electrons. The lowest BCUT2D eigenvalue weighted by Crippen LogP contribution is -2.58. The quantitative estimate of drug-likeness (QED) is 0.541. The van der Waals surface area contributed by atoms with Gasteiger partial charge in [0.2, 0.25) is 0 Å². The molecule has 0 saturated carbocycles. The third-order valence-electron chi connectivity index (χ3n) is 2.49. The number of benzene rings is 1. The fraction of sp³-hybridized carbons (Fsp3) is 0.538. The minimum Gasteiger partial charge on any atom is -0.370 e. The van der Waals surface area contributed by atoms with E-state index in [2.05, 4.69) is 22.0 Å². The Labute approximate surface area is 119 Å². The maximum absolute atomic E-state index is 5.91. The van der Waals surface area contributed by atoms with Crippen molar-refractivity contribution >= 4 is 29.9 Å². The molecule has 0 N–H and O–H groups in total. The first-order valence-corrected chi connectivity index (χ1v) is 9.14. The van der Waals surface area contributed by atoms with Crippen molar-refractivity contribution in [3.8, 4) is 0 Å². The van der Waals surface area contributed by atoms with Gasteiger partial charge in [0.05, 0.1) is 0 Å². The lowest BCUT2D eigenvalue weighted by Gasteiger charge is -2.30. The Balaban J connectivity index is 3.20. The van der Waals surface area contributed by atoms with E-state index in [-0.39, 0.29) is 0 Å². The molecule has 0 aliphatic carbocycles. The summed E-state index contributed by atoms with van der Waals surface area (Å²) in [5, 5.41) is 1.83. The van der Waals surface area contributed by atoms with E-state index in [0.717, 1.165) is 10.5 Å². The Hall–Kier alpha value is -0.203. The van der Waals surface area contributed by atoms with Gasteiger partial charge in [0.15, 0.2) is 0 Å². The Morgan fingerprint density at radius 2 is 1.44 bits per heavy atom. The van der Waals surface area contributed by atoms with E-state index in [1.54, 1.807) is 0 Å². The van der Waals surface area contributed by atoms with Crippen LogP contribution in [0.4, 0.5) is 0 Å². The second kappa shape index (κ2) is 8.07. The van der Waals surface area contributed by atoms with Gasteiger partial charge in [0.1, 0.15) is 0 Å². The lowest BCUT2D eigenvalue weighted by molar-refractivity contribution is 0.0858. The van der Waals surface area contributed by atoms with Crippen LogP contribution in [0.5, 0.6) is 0 Å². The summed E-state index contributed by atoms with van der Waals surface area (Å²) in [7, 11) is -2.77. The van der Waals surface area contributed by atoms with Crippen LogP contribution in [-0.4, -0.2) is 28.6 Å². The van der Waals surface area contributed by atoms with Gasteiger partial charge in [0.25, 0.3) is 0 Å². The van der Waals surface area contributed by atoms with E-state index in [9.17, 15) is 0 Å². The summed E-state index contributed by atoms with van der Waals surface area (Å²) < 4.78 is 17.7. The van der Waals surface area contributed by atoms with E-state index >= 15 is 0 Å². The summed E-state index contributed by atoms with van der Waals surface area (Å²) in [6.07, 6.45) is 0. The standard InChI is InChI=1S/C13H21BrO3Si/c1-4-15-18(16-5-2,17-6-3)13-10-8-7-9-12(13)11-14/h7-10H,4-6,11H2,1-3H3. The molecular formula is C13H21BrO3Si. The first-order chi connectivity index (χ1) is 8.74. The SMILES string of the molecule is CCO[Si](OCC)(OCC)c1ccccc1CBr. The van der Waals surface area contributed by atoms with Crippen LogP contribution in [0.25, 0.3) is 0 Å². The third-order valence-corrected chi connectivity index (χ3v) is 6.25. The highest BCUT2D eigenvalue weighted by molar-refractivity contribution is 9.08. The van der Waals surface area contributed by atoms with Crippen LogP contribution in [0.2, 0.25) is 0 Å². The molecule has 3 nitrogen and oxygen atoms in total. The second-order valence-electron chi connectivity index (χ2n) is 3.65. The van der Waals surface area contributed by atoms with E-state index in [0.29, 0.717) is 19.8 Å². The lowest BCUT2D eigenvalue weighted by atomic mass is 10.2. The molecule has 5 heteroatoms. The van der Waals surface area contributed by atoms with Crippen molar-refractivity contribution in [2.45, 2.75) is 26.1 Å². The molecule has 0 aliphatic heterocycles. The first kappa shape index (κ1) is 15.9. The molecule has 1 aromatic rings. The zero-order valence-corrected chi connectivity index (χ0v) is 13.8. The van der Waals surface area contributed by atoms with E-state index in [1.807, 2.05) is 39.0 Å². The van der Waals surface area contributed by atoms with Crippen molar-refractivity contribution in [3.05, 3.63) is 29.8 Å². The Bertz CT molecular complexity index is 343. The molecule has 0 aliphatic rings. The van der Waals surface area contributed by atoms with Gasteiger partial charge in [-0.05, 0) is 26.3 Å². The Morgan fingerprint density at radius 3 is 1.89 bits per heavy atom. The van der Waals surface area contributed by atoms with Gasteiger partial charge in [-0.1, -0.05) is 40.2 Å². The third kappa shape index (κ3) is 3.65. The van der Waals surface area contributed by atoms with Gasteiger partial charge < -0.3 is 13.3 Å². The number of hydrogen-bond acceptors (Lipinski definition) is 3. The van der Waals surface area contributed by atoms with Crippen LogP contribution in [0.3, 0.4) is 0 Å². The van der Waals surface area contributed by atoms with Crippen LogP contribution in [0.15, 0.2) is 24.3 Å². The summed E-state index contributed by atoms with van der Waals surface area (Å²) in [6, 6.07) is 8.14. The van der Waals surface area contributed by atoms with Gasteiger partial charge in [0, 0.05) is 30.3 Å². The van der Waals surface area contributed by atoms with Crippen molar-refractivity contribution < 1.29 is 13.3 Å². The molecule has 0 spiro atoms. The molecule has 0 atom stereocenters. The summed E-state index contributed by atoms with van der Waals surface area (Å²) >= 11 is 3.51. The molecule has 0 fully saturated rings. The molecule has 0 bridgehead atoms. The van der Waals surface area contributed by atoms with Crippen molar-refractivity contribution in [1.29, 1.82) is 0 Å².